The molecule has 1 aromatic heterocycles. The Kier molecular flexibility index (Phi) is 6.02. The predicted molar refractivity (Wildman–Crippen MR) is 106 cm³/mol. The van der Waals surface area contributed by atoms with Crippen molar-refractivity contribution < 1.29 is 13.9 Å². The van der Waals surface area contributed by atoms with Crippen molar-refractivity contribution in [2.24, 2.45) is 0 Å². The van der Waals surface area contributed by atoms with Crippen LogP contribution in [0.4, 0.5) is 0 Å². The highest BCUT2D eigenvalue weighted by Gasteiger charge is 2.26. The summed E-state index contributed by atoms with van der Waals surface area (Å²) in [7, 11) is 0. The van der Waals surface area contributed by atoms with E-state index in [9.17, 15) is 4.79 Å². The highest BCUT2D eigenvalue weighted by molar-refractivity contribution is 5.94. The minimum Gasteiger partial charge on any atom is -0.465 e. The second kappa shape index (κ2) is 8.28. The van der Waals surface area contributed by atoms with E-state index in [2.05, 4.69) is 31.0 Å². The lowest BCUT2D eigenvalue weighted by Crippen LogP contribution is -2.43. The Balaban J connectivity index is 1.68. The molecule has 2 heterocycles. The third kappa shape index (κ3) is 4.99. The number of hydrogen-bond donors (Lipinski definition) is 1. The number of furan rings is 1. The SMILES string of the molecule is Cc1ccc(C(CNC(=O)c2ccc(C(C)(C)C)cc2)N2CCOCC2)o1. The van der Waals surface area contributed by atoms with Crippen molar-refractivity contribution in [2.45, 2.75) is 39.2 Å². The molecule has 1 amide bonds. The molecule has 0 aliphatic carbocycles. The maximum absolute atomic E-state index is 12.6. The molecule has 0 saturated carbocycles. The molecule has 1 fully saturated rings. The fraction of sp³-hybridized carbons (Fsp3) is 0.500. The summed E-state index contributed by atoms with van der Waals surface area (Å²) in [6.07, 6.45) is 0. The molecule has 1 aromatic carbocycles. The maximum Gasteiger partial charge on any atom is 0.251 e. The topological polar surface area (TPSA) is 54.7 Å². The Hall–Kier alpha value is -2.11. The van der Waals surface area contributed by atoms with E-state index in [1.54, 1.807) is 0 Å². The number of ether oxygens (including phenoxy) is 1. The summed E-state index contributed by atoms with van der Waals surface area (Å²) in [5.41, 5.74) is 1.98. The average Bonchev–Trinajstić information content (AvgIpc) is 3.08. The number of carbonyl (C=O) groups excluding carboxylic acids is 1. The second-order valence-corrected chi connectivity index (χ2v) is 8.15. The Bertz CT molecular complexity index is 753. The monoisotopic (exact) mass is 370 g/mol. The summed E-state index contributed by atoms with van der Waals surface area (Å²) in [5, 5.41) is 3.08. The molecule has 2 aromatic rings. The Morgan fingerprint density at radius 3 is 2.33 bits per heavy atom. The molecular formula is C22H30N2O3. The average molecular weight is 370 g/mol. The predicted octanol–water partition coefficient (Wildman–Crippen LogP) is 3.69. The first-order valence-corrected chi connectivity index (χ1v) is 9.61. The summed E-state index contributed by atoms with van der Waals surface area (Å²) in [6.45, 7) is 12.0. The van der Waals surface area contributed by atoms with Gasteiger partial charge in [-0.3, -0.25) is 9.69 Å². The van der Waals surface area contributed by atoms with Gasteiger partial charge in [0.25, 0.3) is 5.91 Å². The van der Waals surface area contributed by atoms with Crippen molar-refractivity contribution in [3.63, 3.8) is 0 Å². The number of benzene rings is 1. The van der Waals surface area contributed by atoms with Crippen molar-refractivity contribution in [3.8, 4) is 0 Å². The second-order valence-electron chi connectivity index (χ2n) is 8.15. The van der Waals surface area contributed by atoms with Crippen LogP contribution in [0.5, 0.6) is 0 Å². The van der Waals surface area contributed by atoms with Gasteiger partial charge < -0.3 is 14.5 Å². The van der Waals surface area contributed by atoms with Crippen LogP contribution in [0, 0.1) is 6.92 Å². The normalized spacial score (nSPS) is 16.9. The van der Waals surface area contributed by atoms with E-state index in [0.717, 1.165) is 24.6 Å². The molecule has 1 N–H and O–H groups in total. The van der Waals surface area contributed by atoms with Gasteiger partial charge in [0.1, 0.15) is 11.5 Å². The van der Waals surface area contributed by atoms with Gasteiger partial charge in [-0.05, 0) is 42.2 Å². The highest BCUT2D eigenvalue weighted by atomic mass is 16.5. The fourth-order valence-electron chi connectivity index (χ4n) is 3.34. The lowest BCUT2D eigenvalue weighted by molar-refractivity contribution is 0.0117. The van der Waals surface area contributed by atoms with Crippen LogP contribution >= 0.6 is 0 Å². The van der Waals surface area contributed by atoms with E-state index < -0.39 is 0 Å². The molecular weight excluding hydrogens is 340 g/mol. The number of nitrogens with zero attached hydrogens (tertiary/aromatic N) is 1. The Morgan fingerprint density at radius 2 is 1.78 bits per heavy atom. The standard InChI is InChI=1S/C22H30N2O3/c1-16-5-10-20(27-16)19(24-11-13-26-14-12-24)15-23-21(25)17-6-8-18(9-7-17)22(2,3)4/h5-10,19H,11-15H2,1-4H3,(H,23,25). The maximum atomic E-state index is 12.6. The highest BCUT2D eigenvalue weighted by Crippen LogP contribution is 2.24. The smallest absolute Gasteiger partial charge is 0.251 e. The molecule has 1 saturated heterocycles. The van der Waals surface area contributed by atoms with Crippen LogP contribution in [0.1, 0.15) is 54.3 Å². The van der Waals surface area contributed by atoms with Crippen LogP contribution in [0.15, 0.2) is 40.8 Å². The van der Waals surface area contributed by atoms with Crippen LogP contribution < -0.4 is 5.32 Å². The van der Waals surface area contributed by atoms with Gasteiger partial charge in [-0.25, -0.2) is 0 Å². The largest absolute Gasteiger partial charge is 0.465 e. The van der Waals surface area contributed by atoms with Crippen molar-refractivity contribution in [2.75, 3.05) is 32.8 Å². The Morgan fingerprint density at radius 1 is 1.11 bits per heavy atom. The molecule has 0 radical (unpaired) electrons. The number of morpholine rings is 1. The molecule has 1 aliphatic heterocycles. The first-order chi connectivity index (χ1) is 12.8. The van der Waals surface area contributed by atoms with Gasteiger partial charge in [-0.1, -0.05) is 32.9 Å². The molecule has 1 aliphatic rings. The fourth-order valence-corrected chi connectivity index (χ4v) is 3.34. The molecule has 0 bridgehead atoms. The zero-order valence-corrected chi connectivity index (χ0v) is 16.7. The van der Waals surface area contributed by atoms with Gasteiger partial charge in [0, 0.05) is 25.2 Å². The van der Waals surface area contributed by atoms with Gasteiger partial charge in [0.15, 0.2) is 0 Å². The van der Waals surface area contributed by atoms with E-state index in [1.165, 1.54) is 5.56 Å². The molecule has 0 spiro atoms. The van der Waals surface area contributed by atoms with Crippen LogP contribution in [0.2, 0.25) is 0 Å². The van der Waals surface area contributed by atoms with Crippen LogP contribution in [0.25, 0.3) is 0 Å². The number of hydrogen-bond acceptors (Lipinski definition) is 4. The minimum absolute atomic E-state index is 0.0143. The molecule has 3 rings (SSSR count). The van der Waals surface area contributed by atoms with Gasteiger partial charge in [-0.2, -0.15) is 0 Å². The number of aryl methyl sites for hydroxylation is 1. The number of carbonyl (C=O) groups is 1. The number of amides is 1. The molecule has 146 valence electrons. The number of nitrogens with one attached hydrogen (secondary N) is 1. The summed E-state index contributed by atoms with van der Waals surface area (Å²) >= 11 is 0. The van der Waals surface area contributed by atoms with Crippen LogP contribution in [-0.4, -0.2) is 43.7 Å². The molecule has 5 nitrogen and oxygen atoms in total. The third-order valence-corrected chi connectivity index (χ3v) is 5.05. The first-order valence-electron chi connectivity index (χ1n) is 9.61. The zero-order chi connectivity index (χ0) is 19.4. The molecule has 1 atom stereocenters. The van der Waals surface area contributed by atoms with Crippen molar-refractivity contribution in [1.29, 1.82) is 0 Å². The van der Waals surface area contributed by atoms with Crippen LogP contribution in [0.3, 0.4) is 0 Å². The van der Waals surface area contributed by atoms with Gasteiger partial charge in [-0.15, -0.1) is 0 Å². The molecule has 5 heteroatoms. The summed E-state index contributed by atoms with van der Waals surface area (Å²) in [4.78, 5) is 15.0. The summed E-state index contributed by atoms with van der Waals surface area (Å²) < 4.78 is 11.3. The molecule has 1 unspecified atom stereocenters. The molecule has 27 heavy (non-hydrogen) atoms. The zero-order valence-electron chi connectivity index (χ0n) is 16.7. The minimum atomic E-state index is -0.0583. The van der Waals surface area contributed by atoms with E-state index >= 15 is 0 Å². The van der Waals surface area contributed by atoms with Gasteiger partial charge >= 0.3 is 0 Å². The van der Waals surface area contributed by atoms with E-state index in [-0.39, 0.29) is 17.4 Å². The summed E-state index contributed by atoms with van der Waals surface area (Å²) in [6, 6.07) is 11.8. The quantitative estimate of drug-likeness (QED) is 0.872. The first kappa shape index (κ1) is 19.6. The van der Waals surface area contributed by atoms with E-state index in [1.807, 2.05) is 43.3 Å². The lowest BCUT2D eigenvalue weighted by atomic mass is 9.87. The van der Waals surface area contributed by atoms with Crippen molar-refractivity contribution in [1.82, 2.24) is 10.2 Å². The van der Waals surface area contributed by atoms with Gasteiger partial charge in [0.05, 0.1) is 19.3 Å². The lowest BCUT2D eigenvalue weighted by Gasteiger charge is -2.33. The number of rotatable bonds is 5. The van der Waals surface area contributed by atoms with E-state index in [4.69, 9.17) is 9.15 Å². The van der Waals surface area contributed by atoms with Crippen LogP contribution in [-0.2, 0) is 10.2 Å². The Labute approximate surface area is 161 Å². The van der Waals surface area contributed by atoms with Crippen molar-refractivity contribution in [3.05, 3.63) is 59.0 Å². The van der Waals surface area contributed by atoms with E-state index in [0.29, 0.717) is 25.3 Å². The van der Waals surface area contributed by atoms with Gasteiger partial charge in [0.2, 0.25) is 0 Å². The summed E-state index contributed by atoms with van der Waals surface area (Å²) in [5.74, 6) is 1.71. The third-order valence-electron chi connectivity index (χ3n) is 5.05. The van der Waals surface area contributed by atoms with Crippen molar-refractivity contribution >= 4 is 5.91 Å².